The topological polar surface area (TPSA) is 37.8 Å². The molecule has 0 spiro atoms. The van der Waals surface area contributed by atoms with Crippen LogP contribution in [-0.4, -0.2) is 17.0 Å². The van der Waals surface area contributed by atoms with E-state index < -0.39 is 0 Å². The van der Waals surface area contributed by atoms with Crippen LogP contribution in [0.3, 0.4) is 0 Å². The monoisotopic (exact) mass is 179 g/mol. The predicted octanol–water partition coefficient (Wildman–Crippen LogP) is 2.03. The summed E-state index contributed by atoms with van der Waals surface area (Å²) in [5.74, 6) is 1.55. The highest BCUT2D eigenvalue weighted by Crippen LogP contribution is 2.11. The second kappa shape index (κ2) is 4.21. The van der Waals surface area contributed by atoms with E-state index in [2.05, 4.69) is 29.1 Å². The first-order chi connectivity index (χ1) is 6.13. The largest absolute Gasteiger partial charge is 0.385 e. The lowest BCUT2D eigenvalue weighted by molar-refractivity contribution is 0.619. The summed E-state index contributed by atoms with van der Waals surface area (Å²) in [7, 11) is 1.88. The predicted molar refractivity (Wildman–Crippen MR) is 54.9 cm³/mol. The van der Waals surface area contributed by atoms with Gasteiger partial charge in [0.1, 0.15) is 5.82 Å². The van der Waals surface area contributed by atoms with Crippen molar-refractivity contribution < 1.29 is 0 Å². The molecule has 0 aliphatic heterocycles. The third-order valence-electron chi connectivity index (χ3n) is 1.89. The highest BCUT2D eigenvalue weighted by molar-refractivity contribution is 5.44. The average Bonchev–Trinajstić information content (AvgIpc) is 2.03. The van der Waals surface area contributed by atoms with Gasteiger partial charge in [-0.1, -0.05) is 13.8 Å². The Morgan fingerprint density at radius 3 is 2.62 bits per heavy atom. The molecule has 0 fully saturated rings. The molecule has 0 atom stereocenters. The number of hydrogen-bond donors (Lipinski definition) is 1. The average molecular weight is 179 g/mol. The third kappa shape index (κ3) is 2.68. The van der Waals surface area contributed by atoms with Crippen LogP contribution < -0.4 is 5.32 Å². The van der Waals surface area contributed by atoms with Crippen molar-refractivity contribution in [2.75, 3.05) is 12.4 Å². The molecule has 0 saturated heterocycles. The Bertz CT molecular complexity index is 281. The molecule has 72 valence electrons. The van der Waals surface area contributed by atoms with Gasteiger partial charge in [-0.25, -0.2) is 9.97 Å². The maximum atomic E-state index is 4.41. The zero-order chi connectivity index (χ0) is 9.84. The Morgan fingerprint density at radius 1 is 1.46 bits per heavy atom. The number of nitrogens with zero attached hydrogens (tertiary/aromatic N) is 2. The van der Waals surface area contributed by atoms with Crippen molar-refractivity contribution in [1.29, 1.82) is 0 Å². The number of rotatable bonds is 3. The fraction of sp³-hybridized carbons (Fsp3) is 0.600. The molecular weight excluding hydrogens is 162 g/mol. The first-order valence-corrected chi connectivity index (χ1v) is 4.63. The number of aromatic nitrogens is 2. The van der Waals surface area contributed by atoms with Crippen molar-refractivity contribution in [2.45, 2.75) is 27.2 Å². The van der Waals surface area contributed by atoms with Crippen molar-refractivity contribution in [3.8, 4) is 0 Å². The maximum Gasteiger partial charge on any atom is 0.128 e. The van der Waals surface area contributed by atoms with Crippen molar-refractivity contribution in [3.63, 3.8) is 0 Å². The van der Waals surface area contributed by atoms with Gasteiger partial charge >= 0.3 is 0 Å². The molecule has 13 heavy (non-hydrogen) atoms. The molecule has 1 N–H and O–H groups in total. The fourth-order valence-electron chi connectivity index (χ4n) is 1.22. The minimum absolute atomic E-state index is 0.611. The zero-order valence-electron chi connectivity index (χ0n) is 8.76. The van der Waals surface area contributed by atoms with Crippen LogP contribution in [0.25, 0.3) is 0 Å². The van der Waals surface area contributed by atoms with Crippen molar-refractivity contribution >= 4 is 5.69 Å². The summed E-state index contributed by atoms with van der Waals surface area (Å²) in [5.41, 5.74) is 2.03. The summed E-state index contributed by atoms with van der Waals surface area (Å²) < 4.78 is 0. The summed E-state index contributed by atoms with van der Waals surface area (Å²) in [5, 5.41) is 3.05. The molecule has 1 aromatic rings. The normalized spacial score (nSPS) is 10.5. The Hall–Kier alpha value is -1.12. The van der Waals surface area contributed by atoms with Gasteiger partial charge in [0.05, 0.1) is 17.6 Å². The van der Waals surface area contributed by atoms with Crippen LogP contribution in [0.5, 0.6) is 0 Å². The highest BCUT2D eigenvalue weighted by Gasteiger charge is 2.03. The van der Waals surface area contributed by atoms with E-state index in [-0.39, 0.29) is 0 Å². The van der Waals surface area contributed by atoms with Gasteiger partial charge in [0.15, 0.2) is 0 Å². The summed E-state index contributed by atoms with van der Waals surface area (Å²) in [6.45, 7) is 6.34. The Balaban J connectivity index is 2.83. The van der Waals surface area contributed by atoms with Gasteiger partial charge in [-0.05, 0) is 12.8 Å². The van der Waals surface area contributed by atoms with Crippen molar-refractivity contribution in [1.82, 2.24) is 9.97 Å². The van der Waals surface area contributed by atoms with Gasteiger partial charge in [0.25, 0.3) is 0 Å². The van der Waals surface area contributed by atoms with E-state index in [0.717, 1.165) is 23.6 Å². The van der Waals surface area contributed by atoms with E-state index in [9.17, 15) is 0 Å². The molecule has 0 unspecified atom stereocenters. The van der Waals surface area contributed by atoms with E-state index in [1.165, 1.54) is 0 Å². The molecule has 0 bridgehead atoms. The van der Waals surface area contributed by atoms with E-state index in [0.29, 0.717) is 5.92 Å². The van der Waals surface area contributed by atoms with E-state index in [1.807, 2.05) is 20.2 Å². The van der Waals surface area contributed by atoms with E-state index >= 15 is 0 Å². The van der Waals surface area contributed by atoms with Gasteiger partial charge in [-0.2, -0.15) is 0 Å². The lowest BCUT2D eigenvalue weighted by atomic mass is 10.1. The molecule has 0 aromatic carbocycles. The number of hydrogen-bond acceptors (Lipinski definition) is 3. The van der Waals surface area contributed by atoms with Crippen LogP contribution in [-0.2, 0) is 6.42 Å². The Kier molecular flexibility index (Phi) is 3.23. The van der Waals surface area contributed by atoms with Crippen LogP contribution in [0.1, 0.15) is 25.4 Å². The van der Waals surface area contributed by atoms with Crippen LogP contribution in [0.15, 0.2) is 6.20 Å². The fourth-order valence-corrected chi connectivity index (χ4v) is 1.22. The second-order valence-corrected chi connectivity index (χ2v) is 3.63. The first-order valence-electron chi connectivity index (χ1n) is 4.63. The van der Waals surface area contributed by atoms with Gasteiger partial charge in [0.2, 0.25) is 0 Å². The molecule has 0 aliphatic carbocycles. The van der Waals surface area contributed by atoms with Crippen molar-refractivity contribution in [3.05, 3.63) is 17.7 Å². The Labute approximate surface area is 79.6 Å². The van der Waals surface area contributed by atoms with E-state index in [1.54, 1.807) is 0 Å². The number of anilines is 1. The van der Waals surface area contributed by atoms with Gasteiger partial charge in [-0.15, -0.1) is 0 Å². The number of aryl methyl sites for hydroxylation is 1. The zero-order valence-corrected chi connectivity index (χ0v) is 8.76. The van der Waals surface area contributed by atoms with Gasteiger partial charge in [0, 0.05) is 13.5 Å². The summed E-state index contributed by atoms with van der Waals surface area (Å²) in [6, 6.07) is 0. The summed E-state index contributed by atoms with van der Waals surface area (Å²) >= 11 is 0. The molecular formula is C10H17N3. The van der Waals surface area contributed by atoms with Crippen LogP contribution in [0.2, 0.25) is 0 Å². The minimum Gasteiger partial charge on any atom is -0.385 e. The molecule has 0 aliphatic rings. The molecule has 3 nitrogen and oxygen atoms in total. The van der Waals surface area contributed by atoms with Crippen molar-refractivity contribution in [2.24, 2.45) is 5.92 Å². The molecule has 1 rings (SSSR count). The van der Waals surface area contributed by atoms with Crippen LogP contribution in [0.4, 0.5) is 5.69 Å². The standard InChI is InChI=1S/C10H17N3/c1-7(2)5-10-12-6-9(11-4)8(3)13-10/h6-7,11H,5H2,1-4H3. The second-order valence-electron chi connectivity index (χ2n) is 3.63. The van der Waals surface area contributed by atoms with E-state index in [4.69, 9.17) is 0 Å². The van der Waals surface area contributed by atoms with Gasteiger partial charge in [-0.3, -0.25) is 0 Å². The minimum atomic E-state index is 0.611. The van der Waals surface area contributed by atoms with Crippen LogP contribution in [0, 0.1) is 12.8 Å². The molecule has 1 aromatic heterocycles. The molecule has 1 heterocycles. The molecule has 0 saturated carbocycles. The summed E-state index contributed by atoms with van der Waals surface area (Å²) in [6.07, 6.45) is 2.80. The van der Waals surface area contributed by atoms with Gasteiger partial charge < -0.3 is 5.32 Å². The lowest BCUT2D eigenvalue weighted by Gasteiger charge is -2.07. The third-order valence-corrected chi connectivity index (χ3v) is 1.89. The Morgan fingerprint density at radius 2 is 2.15 bits per heavy atom. The summed E-state index contributed by atoms with van der Waals surface area (Å²) in [4.78, 5) is 8.69. The SMILES string of the molecule is CNc1cnc(CC(C)C)nc1C. The maximum absolute atomic E-state index is 4.41. The molecule has 0 amide bonds. The smallest absolute Gasteiger partial charge is 0.128 e. The quantitative estimate of drug-likeness (QED) is 0.771. The highest BCUT2D eigenvalue weighted by atomic mass is 14.9. The molecule has 0 radical (unpaired) electrons. The lowest BCUT2D eigenvalue weighted by Crippen LogP contribution is -2.04. The first kappa shape index (κ1) is 9.96. The number of nitrogens with one attached hydrogen (secondary N) is 1. The molecule has 3 heteroatoms. The van der Waals surface area contributed by atoms with Crippen LogP contribution >= 0.6 is 0 Å².